The summed E-state index contributed by atoms with van der Waals surface area (Å²) in [6, 6.07) is 0.0356. The van der Waals surface area contributed by atoms with Crippen molar-refractivity contribution in [3.8, 4) is 5.75 Å². The first-order valence-corrected chi connectivity index (χ1v) is 12.7. The molecule has 0 saturated carbocycles. The molecule has 1 aromatic heterocycles. The summed E-state index contributed by atoms with van der Waals surface area (Å²) in [5, 5.41) is 9.57. The van der Waals surface area contributed by atoms with Gasteiger partial charge in [-0.25, -0.2) is 19.0 Å². The monoisotopic (exact) mass is 629 g/mol. The zero-order chi connectivity index (χ0) is 31.7. The molecule has 1 atom stereocenters. The lowest BCUT2D eigenvalue weighted by Gasteiger charge is -2.28. The molecule has 0 aliphatic carbocycles. The SMILES string of the molecule is CC(C)N(C(=O)Oc1c(N2CCN(CC(O)CN(C)C)C2=O)cc(C(F)(F)F)cc1C(F)(F)F)c1ccc(F)c(Cl)n1. The van der Waals surface area contributed by atoms with Crippen molar-refractivity contribution in [3.63, 3.8) is 0 Å². The molecule has 0 spiro atoms. The van der Waals surface area contributed by atoms with Gasteiger partial charge < -0.3 is 19.6 Å². The number of pyridine rings is 1. The number of alkyl halides is 6. The molecule has 1 aromatic carbocycles. The van der Waals surface area contributed by atoms with E-state index in [9.17, 15) is 45.4 Å². The summed E-state index contributed by atoms with van der Waals surface area (Å²) in [4.78, 5) is 34.1. The topological polar surface area (TPSA) is 89.5 Å². The predicted molar refractivity (Wildman–Crippen MR) is 138 cm³/mol. The highest BCUT2D eigenvalue weighted by Crippen LogP contribution is 2.47. The average molecular weight is 630 g/mol. The number of urea groups is 1. The van der Waals surface area contributed by atoms with E-state index in [1.165, 1.54) is 13.8 Å². The Balaban J connectivity index is 2.13. The van der Waals surface area contributed by atoms with E-state index >= 15 is 0 Å². The Hall–Kier alpha value is -3.37. The predicted octanol–water partition coefficient (Wildman–Crippen LogP) is 5.49. The van der Waals surface area contributed by atoms with E-state index in [2.05, 4.69) is 4.98 Å². The fourth-order valence-corrected chi connectivity index (χ4v) is 4.40. The average Bonchev–Trinajstić information content (AvgIpc) is 3.18. The van der Waals surface area contributed by atoms with Crippen molar-refractivity contribution < 1.29 is 50.2 Å². The van der Waals surface area contributed by atoms with Crippen molar-refractivity contribution in [1.29, 1.82) is 0 Å². The highest BCUT2D eigenvalue weighted by atomic mass is 35.5. The van der Waals surface area contributed by atoms with Crippen LogP contribution in [0.25, 0.3) is 0 Å². The maximum atomic E-state index is 14.2. The Bertz CT molecular complexity index is 1320. The number of likely N-dealkylation sites (N-methyl/N-ethyl adjacent to an activating group) is 1. The van der Waals surface area contributed by atoms with Crippen LogP contribution in [-0.2, 0) is 12.4 Å². The van der Waals surface area contributed by atoms with Gasteiger partial charge in [0.15, 0.2) is 16.7 Å². The molecule has 1 N–H and O–H groups in total. The normalized spacial score (nSPS) is 15.2. The van der Waals surface area contributed by atoms with Crippen molar-refractivity contribution in [2.45, 2.75) is 38.3 Å². The quantitative estimate of drug-likeness (QED) is 0.307. The molecule has 1 fully saturated rings. The summed E-state index contributed by atoms with van der Waals surface area (Å²) in [6.07, 6.45) is -13.3. The van der Waals surface area contributed by atoms with Crippen LogP contribution in [0.2, 0.25) is 5.15 Å². The number of amides is 3. The molecule has 1 saturated heterocycles. The summed E-state index contributed by atoms with van der Waals surface area (Å²) in [5.41, 5.74) is -4.67. The number of nitrogens with zero attached hydrogens (tertiary/aromatic N) is 5. The first-order chi connectivity index (χ1) is 19.3. The van der Waals surface area contributed by atoms with Crippen LogP contribution in [0.15, 0.2) is 24.3 Å². The third-order valence-electron chi connectivity index (χ3n) is 6.03. The van der Waals surface area contributed by atoms with E-state index in [0.717, 1.165) is 17.0 Å². The molecule has 1 aliphatic heterocycles. The van der Waals surface area contributed by atoms with E-state index in [-0.39, 0.29) is 44.1 Å². The van der Waals surface area contributed by atoms with Crippen molar-refractivity contribution in [2.24, 2.45) is 0 Å². The Morgan fingerprint density at radius 2 is 1.76 bits per heavy atom. The van der Waals surface area contributed by atoms with Gasteiger partial charge in [0, 0.05) is 32.2 Å². The van der Waals surface area contributed by atoms with E-state index in [0.29, 0.717) is 9.80 Å². The number of carbonyl (C=O) groups excluding carboxylic acids is 2. The molecular formula is C25H27ClF7N5O4. The van der Waals surface area contributed by atoms with E-state index in [4.69, 9.17) is 16.3 Å². The molecule has 17 heteroatoms. The number of rotatable bonds is 8. The summed E-state index contributed by atoms with van der Waals surface area (Å²) in [7, 11) is 3.30. The Kier molecular flexibility index (Phi) is 9.84. The number of β-amino-alcohol motifs (C(OH)–C–C–N with tert-alkyl or cyclic N) is 1. The van der Waals surface area contributed by atoms with Gasteiger partial charge in [-0.2, -0.15) is 26.3 Å². The van der Waals surface area contributed by atoms with Crippen LogP contribution in [-0.4, -0.2) is 84.4 Å². The van der Waals surface area contributed by atoms with Gasteiger partial charge in [0.05, 0.1) is 17.4 Å². The van der Waals surface area contributed by atoms with Crippen molar-refractivity contribution in [3.05, 3.63) is 46.4 Å². The highest BCUT2D eigenvalue weighted by Gasteiger charge is 2.44. The standard InChI is InChI=1S/C25H27ClF7N5O4/c1-13(2)38(19-6-5-17(27)21(26)34-19)23(41)42-20-16(25(31,32)33)9-14(24(28,29)30)10-18(20)37-8-7-36(22(37)40)12-15(39)11-35(3)4/h5-6,9-10,13,15,39H,7-8,11-12H2,1-4H3. The minimum atomic E-state index is -5.46. The Morgan fingerprint density at radius 3 is 2.29 bits per heavy atom. The summed E-state index contributed by atoms with van der Waals surface area (Å²) < 4.78 is 102. The van der Waals surface area contributed by atoms with Gasteiger partial charge in [0.2, 0.25) is 0 Å². The number of ether oxygens (including phenoxy) is 1. The Labute approximate surface area is 241 Å². The van der Waals surface area contributed by atoms with E-state index < -0.39 is 70.2 Å². The van der Waals surface area contributed by atoms with Gasteiger partial charge in [0.25, 0.3) is 0 Å². The minimum absolute atomic E-state index is 0.126. The van der Waals surface area contributed by atoms with Gasteiger partial charge in [-0.3, -0.25) is 9.80 Å². The number of aliphatic hydroxyl groups excluding tert-OH is 1. The van der Waals surface area contributed by atoms with Gasteiger partial charge in [0.1, 0.15) is 11.4 Å². The largest absolute Gasteiger partial charge is 0.421 e. The molecule has 9 nitrogen and oxygen atoms in total. The van der Waals surface area contributed by atoms with Gasteiger partial charge in [-0.15, -0.1) is 0 Å². The number of hydrogen-bond donors (Lipinski definition) is 1. The third kappa shape index (κ3) is 7.52. The zero-order valence-electron chi connectivity index (χ0n) is 22.7. The zero-order valence-corrected chi connectivity index (χ0v) is 23.5. The smallest absolute Gasteiger partial charge is 0.407 e. The number of hydrogen-bond acceptors (Lipinski definition) is 6. The fourth-order valence-electron chi connectivity index (χ4n) is 4.25. The minimum Gasteiger partial charge on any atom is -0.407 e. The van der Waals surface area contributed by atoms with Gasteiger partial charge in [-0.05, 0) is 52.2 Å². The maximum Gasteiger partial charge on any atom is 0.421 e. The van der Waals surface area contributed by atoms with Crippen LogP contribution in [0.5, 0.6) is 5.75 Å². The number of halogens is 8. The van der Waals surface area contributed by atoms with Crippen LogP contribution >= 0.6 is 11.6 Å². The van der Waals surface area contributed by atoms with Crippen LogP contribution in [0.3, 0.4) is 0 Å². The first-order valence-electron chi connectivity index (χ1n) is 12.4. The molecule has 1 unspecified atom stereocenters. The number of benzene rings is 1. The number of aliphatic hydroxyl groups is 1. The molecule has 232 valence electrons. The van der Waals surface area contributed by atoms with Crippen molar-refractivity contribution in [1.82, 2.24) is 14.8 Å². The second-order valence-corrected chi connectivity index (χ2v) is 10.3. The molecular weight excluding hydrogens is 603 g/mol. The lowest BCUT2D eigenvalue weighted by molar-refractivity contribution is -0.143. The maximum absolute atomic E-state index is 14.2. The van der Waals surface area contributed by atoms with E-state index in [1.807, 2.05) is 0 Å². The van der Waals surface area contributed by atoms with Gasteiger partial charge in [-0.1, -0.05) is 11.6 Å². The first kappa shape index (κ1) is 33.1. The molecule has 0 bridgehead atoms. The van der Waals surface area contributed by atoms with Crippen LogP contribution in [0.1, 0.15) is 25.0 Å². The van der Waals surface area contributed by atoms with E-state index in [1.54, 1.807) is 19.0 Å². The van der Waals surface area contributed by atoms with Gasteiger partial charge >= 0.3 is 24.5 Å². The molecule has 2 aromatic rings. The second kappa shape index (κ2) is 12.5. The highest BCUT2D eigenvalue weighted by molar-refractivity contribution is 6.29. The number of anilines is 2. The molecule has 0 radical (unpaired) electrons. The second-order valence-electron chi connectivity index (χ2n) is 9.94. The Morgan fingerprint density at radius 1 is 1.12 bits per heavy atom. The summed E-state index contributed by atoms with van der Waals surface area (Å²) >= 11 is 5.69. The molecule has 2 heterocycles. The molecule has 3 amide bonds. The summed E-state index contributed by atoms with van der Waals surface area (Å²) in [6.45, 7) is 2.18. The van der Waals surface area contributed by atoms with Crippen molar-refractivity contribution in [2.75, 3.05) is 50.1 Å². The third-order valence-corrected chi connectivity index (χ3v) is 6.30. The van der Waals surface area contributed by atoms with Crippen LogP contribution < -0.4 is 14.5 Å². The number of carbonyl (C=O) groups is 2. The summed E-state index contributed by atoms with van der Waals surface area (Å²) in [5.74, 6) is -2.63. The number of aromatic nitrogens is 1. The fraction of sp³-hybridized carbons (Fsp3) is 0.480. The van der Waals surface area contributed by atoms with Crippen LogP contribution in [0.4, 0.5) is 51.8 Å². The lowest BCUT2D eigenvalue weighted by Crippen LogP contribution is -2.41. The van der Waals surface area contributed by atoms with Crippen molar-refractivity contribution >= 4 is 35.2 Å². The molecule has 42 heavy (non-hydrogen) atoms. The van der Waals surface area contributed by atoms with Crippen LogP contribution in [0, 0.1) is 5.82 Å². The molecule has 3 rings (SSSR count). The lowest BCUT2D eigenvalue weighted by atomic mass is 10.1. The molecule has 1 aliphatic rings.